The van der Waals surface area contributed by atoms with Crippen LogP contribution in [0.3, 0.4) is 0 Å². The fourth-order valence-corrected chi connectivity index (χ4v) is 2.30. The molecular weight excluding hydrogens is 381 g/mol. The second kappa shape index (κ2) is 7.54. The van der Waals surface area contributed by atoms with Gasteiger partial charge in [-0.1, -0.05) is 16.7 Å². The molecule has 0 heterocycles. The van der Waals surface area contributed by atoms with Crippen molar-refractivity contribution >= 4 is 45.8 Å². The van der Waals surface area contributed by atoms with E-state index in [-0.39, 0.29) is 12.5 Å². The maximum absolute atomic E-state index is 11.8. The van der Waals surface area contributed by atoms with Crippen molar-refractivity contribution in [3.05, 3.63) is 36.7 Å². The van der Waals surface area contributed by atoms with E-state index in [1.807, 2.05) is 6.92 Å². The molecule has 0 aliphatic heterocycles. The number of amides is 1. The van der Waals surface area contributed by atoms with Crippen LogP contribution in [0.1, 0.15) is 12.0 Å². The number of halogens is 2. The molecule has 0 bridgehead atoms. The number of hydrogen-bond donors (Lipinski definition) is 2. The summed E-state index contributed by atoms with van der Waals surface area (Å²) in [6.45, 7) is 2.05. The fourth-order valence-electron chi connectivity index (χ4n) is 1.35. The van der Waals surface area contributed by atoms with Crippen LogP contribution >= 0.6 is 34.2 Å². The van der Waals surface area contributed by atoms with Crippen LogP contribution in [-0.4, -0.2) is 18.5 Å². The van der Waals surface area contributed by atoms with Crippen molar-refractivity contribution in [2.24, 2.45) is 10.8 Å². The van der Waals surface area contributed by atoms with E-state index in [4.69, 9.17) is 22.9 Å². The first-order valence-corrected chi connectivity index (χ1v) is 6.94. The maximum atomic E-state index is 11.8. The summed E-state index contributed by atoms with van der Waals surface area (Å²) in [4.78, 5) is 14.5. The van der Waals surface area contributed by atoms with Gasteiger partial charge in [0.1, 0.15) is 0 Å². The Balaban J connectivity index is 2.71. The van der Waals surface area contributed by atoms with Crippen molar-refractivity contribution in [1.29, 1.82) is 0 Å². The Hall–Kier alpha value is -1.02. The molecule has 1 rings (SSSR count). The third-order valence-corrected chi connectivity index (χ3v) is 3.75. The molecule has 19 heavy (non-hydrogen) atoms. The lowest BCUT2D eigenvalue weighted by Crippen LogP contribution is -2.36. The SMILES string of the molecule is Cc1cc(NC(=O)[C@@H](N)CCN=[N+]=[N-])c(I)cc1Cl. The summed E-state index contributed by atoms with van der Waals surface area (Å²) in [6.07, 6.45) is 0.305. The molecule has 0 aliphatic rings. The largest absolute Gasteiger partial charge is 0.324 e. The Morgan fingerprint density at radius 1 is 1.68 bits per heavy atom. The molecule has 8 heteroatoms. The fraction of sp³-hybridized carbons (Fsp3) is 0.364. The second-order valence-corrected chi connectivity index (χ2v) is 5.49. The van der Waals surface area contributed by atoms with Crippen molar-refractivity contribution in [3.8, 4) is 0 Å². The number of aryl methyl sites for hydroxylation is 1. The summed E-state index contributed by atoms with van der Waals surface area (Å²) in [5.74, 6) is -0.312. The standard InChI is InChI=1S/C11H13ClIN5O/c1-6-4-10(8(13)5-7(6)12)17-11(19)9(14)2-3-16-18-15/h4-5,9H,2-3,14H2,1H3,(H,17,19)/t9-/m0/s1. The van der Waals surface area contributed by atoms with Crippen LogP contribution in [0.25, 0.3) is 10.4 Å². The van der Waals surface area contributed by atoms with Crippen molar-refractivity contribution in [2.45, 2.75) is 19.4 Å². The van der Waals surface area contributed by atoms with E-state index < -0.39 is 6.04 Å². The van der Waals surface area contributed by atoms with Gasteiger partial charge in [-0.15, -0.1) is 0 Å². The highest BCUT2D eigenvalue weighted by Crippen LogP contribution is 2.26. The van der Waals surface area contributed by atoms with Crippen LogP contribution in [0.4, 0.5) is 5.69 Å². The minimum atomic E-state index is -0.711. The highest BCUT2D eigenvalue weighted by molar-refractivity contribution is 14.1. The van der Waals surface area contributed by atoms with Crippen LogP contribution in [0.2, 0.25) is 5.02 Å². The summed E-state index contributed by atoms with van der Waals surface area (Å²) < 4.78 is 0.837. The summed E-state index contributed by atoms with van der Waals surface area (Å²) in [7, 11) is 0. The molecular formula is C11H13ClIN5O. The average molecular weight is 394 g/mol. The molecule has 0 aliphatic carbocycles. The number of azide groups is 1. The molecule has 1 aromatic rings. The van der Waals surface area contributed by atoms with Gasteiger partial charge in [0.05, 0.1) is 11.7 Å². The van der Waals surface area contributed by atoms with E-state index >= 15 is 0 Å². The van der Waals surface area contributed by atoms with Gasteiger partial charge in [-0.05, 0) is 59.2 Å². The number of hydrogen-bond acceptors (Lipinski definition) is 3. The summed E-state index contributed by atoms with van der Waals surface area (Å²) >= 11 is 8.07. The van der Waals surface area contributed by atoms with E-state index in [9.17, 15) is 4.79 Å². The zero-order valence-corrected chi connectivity index (χ0v) is 13.1. The van der Waals surface area contributed by atoms with E-state index in [0.29, 0.717) is 17.1 Å². The molecule has 0 saturated heterocycles. The van der Waals surface area contributed by atoms with Gasteiger partial charge in [-0.2, -0.15) is 0 Å². The predicted octanol–water partition coefficient (Wildman–Crippen LogP) is 3.22. The van der Waals surface area contributed by atoms with E-state index in [2.05, 4.69) is 37.9 Å². The molecule has 1 amide bonds. The van der Waals surface area contributed by atoms with Gasteiger partial charge in [0.2, 0.25) is 5.91 Å². The molecule has 1 aromatic carbocycles. The second-order valence-electron chi connectivity index (χ2n) is 3.92. The Labute approximate surface area is 129 Å². The highest BCUT2D eigenvalue weighted by atomic mass is 127. The van der Waals surface area contributed by atoms with Gasteiger partial charge >= 0.3 is 0 Å². The number of nitrogens with two attached hydrogens (primary N) is 1. The van der Waals surface area contributed by atoms with Gasteiger partial charge < -0.3 is 11.1 Å². The van der Waals surface area contributed by atoms with Crippen molar-refractivity contribution in [2.75, 3.05) is 11.9 Å². The predicted molar refractivity (Wildman–Crippen MR) is 84.1 cm³/mol. The smallest absolute Gasteiger partial charge is 0.241 e. The number of anilines is 1. The van der Waals surface area contributed by atoms with Crippen molar-refractivity contribution < 1.29 is 4.79 Å². The molecule has 0 spiro atoms. The van der Waals surface area contributed by atoms with Crippen LogP contribution in [0, 0.1) is 10.5 Å². The van der Waals surface area contributed by atoms with Crippen molar-refractivity contribution in [3.63, 3.8) is 0 Å². The number of benzene rings is 1. The Morgan fingerprint density at radius 3 is 3.00 bits per heavy atom. The van der Waals surface area contributed by atoms with Gasteiger partial charge in [0, 0.05) is 20.0 Å². The summed E-state index contributed by atoms with van der Waals surface area (Å²) in [6, 6.07) is 2.86. The third kappa shape index (κ3) is 4.87. The summed E-state index contributed by atoms with van der Waals surface area (Å²) in [5.41, 5.74) is 15.4. The number of nitrogens with one attached hydrogen (secondary N) is 1. The van der Waals surface area contributed by atoms with Gasteiger partial charge in [-0.3, -0.25) is 4.79 Å². The first kappa shape index (κ1) is 16.0. The lowest BCUT2D eigenvalue weighted by Gasteiger charge is -2.13. The molecule has 0 unspecified atom stereocenters. The maximum Gasteiger partial charge on any atom is 0.241 e. The molecule has 0 aromatic heterocycles. The Morgan fingerprint density at radius 2 is 2.37 bits per heavy atom. The minimum Gasteiger partial charge on any atom is -0.324 e. The Kier molecular flexibility index (Phi) is 6.36. The number of carbonyl (C=O) groups excluding carboxylic acids is 1. The minimum absolute atomic E-state index is 0.196. The van der Waals surface area contributed by atoms with Crippen LogP contribution in [0.5, 0.6) is 0 Å². The topological polar surface area (TPSA) is 104 Å². The zero-order valence-electron chi connectivity index (χ0n) is 10.2. The highest BCUT2D eigenvalue weighted by Gasteiger charge is 2.14. The van der Waals surface area contributed by atoms with E-state index in [0.717, 1.165) is 9.13 Å². The number of carbonyl (C=O) groups is 1. The average Bonchev–Trinajstić information content (AvgIpc) is 2.36. The molecule has 102 valence electrons. The van der Waals surface area contributed by atoms with Crippen LogP contribution < -0.4 is 11.1 Å². The molecule has 3 N–H and O–H groups in total. The number of rotatable bonds is 5. The van der Waals surface area contributed by atoms with Crippen LogP contribution in [-0.2, 0) is 4.79 Å². The molecule has 0 fully saturated rings. The molecule has 0 radical (unpaired) electrons. The quantitative estimate of drug-likeness (QED) is 0.347. The monoisotopic (exact) mass is 393 g/mol. The number of nitrogens with zero attached hydrogens (tertiary/aromatic N) is 3. The van der Waals surface area contributed by atoms with Crippen LogP contribution in [0.15, 0.2) is 17.2 Å². The molecule has 6 nitrogen and oxygen atoms in total. The zero-order chi connectivity index (χ0) is 14.4. The summed E-state index contributed by atoms with van der Waals surface area (Å²) in [5, 5.41) is 6.73. The lowest BCUT2D eigenvalue weighted by molar-refractivity contribution is -0.117. The van der Waals surface area contributed by atoms with Crippen molar-refractivity contribution in [1.82, 2.24) is 0 Å². The first-order chi connectivity index (χ1) is 8.95. The lowest BCUT2D eigenvalue weighted by atomic mass is 10.2. The van der Waals surface area contributed by atoms with Gasteiger partial charge in [0.25, 0.3) is 0 Å². The third-order valence-electron chi connectivity index (χ3n) is 2.45. The first-order valence-electron chi connectivity index (χ1n) is 5.48. The Bertz CT molecular complexity index is 530. The normalized spacial score (nSPS) is 11.6. The van der Waals surface area contributed by atoms with E-state index in [1.54, 1.807) is 12.1 Å². The molecule has 1 atom stereocenters. The van der Waals surface area contributed by atoms with E-state index in [1.165, 1.54) is 0 Å². The molecule has 0 saturated carbocycles. The van der Waals surface area contributed by atoms with Gasteiger partial charge in [0.15, 0.2) is 0 Å². The van der Waals surface area contributed by atoms with Gasteiger partial charge in [-0.25, -0.2) is 0 Å².